The highest BCUT2D eigenvalue weighted by Gasteiger charge is 2.38. The van der Waals surface area contributed by atoms with Gasteiger partial charge in [0, 0.05) is 6.04 Å². The van der Waals surface area contributed by atoms with Crippen molar-refractivity contribution in [3.05, 3.63) is 41.5 Å². The van der Waals surface area contributed by atoms with Crippen molar-refractivity contribution < 1.29 is 23.1 Å². The van der Waals surface area contributed by atoms with E-state index in [1.54, 1.807) is 0 Å². The third kappa shape index (κ3) is 5.44. The highest BCUT2D eigenvalue weighted by atomic mass is 19.4. The largest absolute Gasteiger partial charge is 0.490 e. The lowest BCUT2D eigenvalue weighted by molar-refractivity contribution is -0.192. The lowest BCUT2D eigenvalue weighted by Crippen LogP contribution is -2.21. The van der Waals surface area contributed by atoms with Crippen LogP contribution in [0.1, 0.15) is 18.9 Å². The Labute approximate surface area is 114 Å². The molecule has 1 aliphatic rings. The van der Waals surface area contributed by atoms with Crippen LogP contribution >= 0.6 is 0 Å². The molecule has 3 nitrogen and oxygen atoms in total. The van der Waals surface area contributed by atoms with E-state index < -0.39 is 12.1 Å². The Hall–Kier alpha value is -1.82. The maximum absolute atomic E-state index is 10.6. The van der Waals surface area contributed by atoms with Gasteiger partial charge in [-0.15, -0.1) is 0 Å². The minimum atomic E-state index is -5.08. The molecular weight excluding hydrogens is 271 g/mol. The summed E-state index contributed by atoms with van der Waals surface area (Å²) in [5.74, 6) is -2.12. The van der Waals surface area contributed by atoms with Gasteiger partial charge in [0.2, 0.25) is 0 Å². The topological polar surface area (TPSA) is 63.3 Å². The van der Waals surface area contributed by atoms with Gasteiger partial charge in [0.05, 0.1) is 0 Å². The first kappa shape index (κ1) is 16.2. The lowest BCUT2D eigenvalue weighted by Gasteiger charge is -1.98. The van der Waals surface area contributed by atoms with E-state index in [1.165, 1.54) is 11.1 Å². The van der Waals surface area contributed by atoms with Gasteiger partial charge >= 0.3 is 12.1 Å². The van der Waals surface area contributed by atoms with Gasteiger partial charge in [0.25, 0.3) is 0 Å². The molecule has 0 saturated heterocycles. The maximum atomic E-state index is 10.6. The summed E-state index contributed by atoms with van der Waals surface area (Å²) in [4.78, 5) is 8.90. The molecule has 0 aliphatic heterocycles. The predicted molar refractivity (Wildman–Crippen MR) is 69.9 cm³/mol. The molecule has 20 heavy (non-hydrogen) atoms. The van der Waals surface area contributed by atoms with E-state index >= 15 is 0 Å². The number of alkyl halides is 3. The number of halogens is 3. The van der Waals surface area contributed by atoms with E-state index in [0.29, 0.717) is 12.0 Å². The smallest absolute Gasteiger partial charge is 0.475 e. The van der Waals surface area contributed by atoms with Gasteiger partial charge in [-0.05, 0) is 24.8 Å². The zero-order valence-electron chi connectivity index (χ0n) is 10.9. The van der Waals surface area contributed by atoms with Crippen molar-refractivity contribution in [1.29, 1.82) is 0 Å². The molecule has 110 valence electrons. The van der Waals surface area contributed by atoms with Crippen molar-refractivity contribution in [2.24, 2.45) is 11.7 Å². The monoisotopic (exact) mass is 287 g/mol. The number of hydrogen-bond donors (Lipinski definition) is 2. The molecule has 6 heteroatoms. The van der Waals surface area contributed by atoms with Crippen LogP contribution in [0.4, 0.5) is 13.2 Å². The summed E-state index contributed by atoms with van der Waals surface area (Å²) in [6, 6.07) is 10.8. The van der Waals surface area contributed by atoms with E-state index in [1.807, 2.05) is 6.07 Å². The normalized spacial score (nSPS) is 21.8. The SMILES string of the molecule is C/C(=C\c1ccccc1)C1CC1N.O=C(O)C(F)(F)F. The molecule has 0 radical (unpaired) electrons. The Kier molecular flexibility index (Phi) is 5.33. The van der Waals surface area contributed by atoms with Crippen LogP contribution in [-0.4, -0.2) is 23.3 Å². The average molecular weight is 287 g/mol. The van der Waals surface area contributed by atoms with Crippen LogP contribution in [0.3, 0.4) is 0 Å². The molecule has 2 unspecified atom stereocenters. The molecular formula is C14H16F3NO2. The fourth-order valence-corrected chi connectivity index (χ4v) is 1.66. The van der Waals surface area contributed by atoms with Crippen LogP contribution in [-0.2, 0) is 4.79 Å². The van der Waals surface area contributed by atoms with Crippen molar-refractivity contribution in [2.75, 3.05) is 0 Å². The van der Waals surface area contributed by atoms with Crippen LogP contribution in [0.25, 0.3) is 6.08 Å². The number of carboxylic acid groups (broad SMARTS) is 1. The van der Waals surface area contributed by atoms with Crippen LogP contribution in [0, 0.1) is 5.92 Å². The summed E-state index contributed by atoms with van der Waals surface area (Å²) in [7, 11) is 0. The third-order valence-electron chi connectivity index (χ3n) is 2.86. The third-order valence-corrected chi connectivity index (χ3v) is 2.86. The van der Waals surface area contributed by atoms with Crippen LogP contribution in [0.2, 0.25) is 0 Å². The fraction of sp³-hybridized carbons (Fsp3) is 0.357. The molecule has 3 N–H and O–H groups in total. The van der Waals surface area contributed by atoms with Crippen molar-refractivity contribution in [3.8, 4) is 0 Å². The van der Waals surface area contributed by atoms with E-state index in [4.69, 9.17) is 15.6 Å². The minimum Gasteiger partial charge on any atom is -0.475 e. The molecule has 0 heterocycles. The summed E-state index contributed by atoms with van der Waals surface area (Å²) in [6.45, 7) is 2.17. The van der Waals surface area contributed by atoms with Gasteiger partial charge in [0.1, 0.15) is 0 Å². The summed E-state index contributed by atoms with van der Waals surface area (Å²) >= 11 is 0. The van der Waals surface area contributed by atoms with Gasteiger partial charge in [-0.1, -0.05) is 42.0 Å². The van der Waals surface area contributed by atoms with Crippen LogP contribution < -0.4 is 5.73 Å². The quantitative estimate of drug-likeness (QED) is 0.878. The zero-order chi connectivity index (χ0) is 15.3. The van der Waals surface area contributed by atoms with Gasteiger partial charge in [-0.3, -0.25) is 0 Å². The molecule has 0 bridgehead atoms. The summed E-state index contributed by atoms with van der Waals surface area (Å²) in [6.07, 6.45) is -1.69. The number of benzene rings is 1. The van der Waals surface area contributed by atoms with E-state index in [0.717, 1.165) is 6.42 Å². The predicted octanol–water partition coefficient (Wildman–Crippen LogP) is 3.07. The van der Waals surface area contributed by atoms with Crippen LogP contribution in [0.15, 0.2) is 35.9 Å². The molecule has 1 aliphatic carbocycles. The second kappa shape index (κ2) is 6.56. The molecule has 0 amide bonds. The number of carbonyl (C=O) groups is 1. The Morgan fingerprint density at radius 3 is 2.15 bits per heavy atom. The van der Waals surface area contributed by atoms with E-state index in [-0.39, 0.29) is 0 Å². The standard InChI is InChI=1S/C12H15N.C2HF3O2/c1-9(11-8-12(11)13)7-10-5-3-2-4-6-10;3-2(4,5)1(6)7/h2-7,11-12H,8,13H2,1H3;(H,6,7)/b9-7+;. The zero-order valence-corrected chi connectivity index (χ0v) is 10.9. The Morgan fingerprint density at radius 2 is 1.80 bits per heavy atom. The Bertz CT molecular complexity index is 483. The second-order valence-corrected chi connectivity index (χ2v) is 4.61. The van der Waals surface area contributed by atoms with Crippen molar-refractivity contribution in [2.45, 2.75) is 25.6 Å². The molecule has 0 spiro atoms. The Morgan fingerprint density at radius 1 is 1.35 bits per heavy atom. The number of rotatable bonds is 2. The van der Waals surface area contributed by atoms with E-state index in [2.05, 4.69) is 37.3 Å². The van der Waals surface area contributed by atoms with Crippen molar-refractivity contribution >= 4 is 12.0 Å². The number of hydrogen-bond acceptors (Lipinski definition) is 2. The van der Waals surface area contributed by atoms with E-state index in [9.17, 15) is 13.2 Å². The van der Waals surface area contributed by atoms with Gasteiger partial charge < -0.3 is 10.8 Å². The summed E-state index contributed by atoms with van der Waals surface area (Å²) in [5.41, 5.74) is 8.47. The highest BCUT2D eigenvalue weighted by Crippen LogP contribution is 2.35. The van der Waals surface area contributed by atoms with Crippen molar-refractivity contribution in [1.82, 2.24) is 0 Å². The Balaban J connectivity index is 0.000000246. The maximum Gasteiger partial charge on any atom is 0.490 e. The summed E-state index contributed by atoms with van der Waals surface area (Å²) < 4.78 is 31.7. The molecule has 1 aromatic rings. The average Bonchev–Trinajstić information content (AvgIpc) is 3.07. The number of carboxylic acids is 1. The first-order chi connectivity index (χ1) is 9.21. The second-order valence-electron chi connectivity index (χ2n) is 4.61. The molecule has 2 atom stereocenters. The van der Waals surface area contributed by atoms with Gasteiger partial charge in [0.15, 0.2) is 0 Å². The molecule has 2 rings (SSSR count). The number of nitrogens with two attached hydrogens (primary N) is 1. The van der Waals surface area contributed by atoms with Gasteiger partial charge in [-0.2, -0.15) is 13.2 Å². The molecule has 0 aromatic heterocycles. The minimum absolute atomic E-state index is 0.417. The molecule has 1 saturated carbocycles. The van der Waals surface area contributed by atoms with Crippen molar-refractivity contribution in [3.63, 3.8) is 0 Å². The van der Waals surface area contributed by atoms with Crippen LogP contribution in [0.5, 0.6) is 0 Å². The number of aliphatic carboxylic acids is 1. The first-order valence-electron chi connectivity index (χ1n) is 6.00. The van der Waals surface area contributed by atoms with Gasteiger partial charge in [-0.25, -0.2) is 4.79 Å². The molecule has 1 aromatic carbocycles. The lowest BCUT2D eigenvalue weighted by atomic mass is 10.1. The molecule has 1 fully saturated rings. The fourth-order valence-electron chi connectivity index (χ4n) is 1.66. The highest BCUT2D eigenvalue weighted by molar-refractivity contribution is 5.73. The first-order valence-corrected chi connectivity index (χ1v) is 6.00. The summed E-state index contributed by atoms with van der Waals surface area (Å²) in [5, 5.41) is 7.12.